The number of nitrogens with zero attached hydrogens (tertiary/aromatic N) is 1. The fraction of sp³-hybridized carbons (Fsp3) is 0.429. The number of nitrogens with one attached hydrogen (secondary N) is 1. The van der Waals surface area contributed by atoms with E-state index in [1.165, 1.54) is 0 Å². The van der Waals surface area contributed by atoms with Crippen molar-refractivity contribution in [2.24, 2.45) is 0 Å². The zero-order chi connectivity index (χ0) is 14.2. The lowest BCUT2D eigenvalue weighted by molar-refractivity contribution is -0.117. The van der Waals surface area contributed by atoms with Crippen LogP contribution in [0.1, 0.15) is 31.1 Å². The van der Waals surface area contributed by atoms with E-state index in [1.54, 1.807) is 30.2 Å². The van der Waals surface area contributed by atoms with Crippen LogP contribution in [0.15, 0.2) is 18.2 Å². The minimum atomic E-state index is -0.418. The van der Waals surface area contributed by atoms with Crippen LogP contribution in [0, 0.1) is 0 Å². The summed E-state index contributed by atoms with van der Waals surface area (Å²) in [7, 11) is 1.54. The van der Waals surface area contributed by atoms with E-state index < -0.39 is 5.54 Å². The van der Waals surface area contributed by atoms with Crippen molar-refractivity contribution < 1.29 is 14.3 Å². The minimum Gasteiger partial charge on any atom is -0.497 e. The van der Waals surface area contributed by atoms with Gasteiger partial charge in [0.1, 0.15) is 12.3 Å². The highest BCUT2D eigenvalue weighted by atomic mass is 16.5. The second-order valence-electron chi connectivity index (χ2n) is 5.52. The highest BCUT2D eigenvalue weighted by Gasteiger charge is 2.33. The van der Waals surface area contributed by atoms with Crippen LogP contribution in [-0.4, -0.2) is 35.9 Å². The largest absolute Gasteiger partial charge is 0.497 e. The molecule has 0 aromatic heterocycles. The summed E-state index contributed by atoms with van der Waals surface area (Å²) in [5, 5.41) is 2.75. The van der Waals surface area contributed by atoms with Gasteiger partial charge in [-0.3, -0.25) is 9.59 Å². The summed E-state index contributed by atoms with van der Waals surface area (Å²) in [6.07, 6.45) is 0. The Kier molecular flexibility index (Phi) is 3.22. The Balaban J connectivity index is 2.52. The molecule has 1 heterocycles. The van der Waals surface area contributed by atoms with Crippen LogP contribution in [0.5, 0.6) is 5.75 Å². The maximum Gasteiger partial charge on any atom is 0.257 e. The lowest BCUT2D eigenvalue weighted by Crippen LogP contribution is -2.47. The monoisotopic (exact) mass is 262 g/mol. The number of rotatable bonds is 1. The molecule has 0 radical (unpaired) electrons. The molecule has 5 nitrogen and oxygen atoms in total. The lowest BCUT2D eigenvalue weighted by atomic mass is 10.0. The zero-order valence-corrected chi connectivity index (χ0v) is 11.6. The van der Waals surface area contributed by atoms with Gasteiger partial charge in [-0.25, -0.2) is 0 Å². The average Bonchev–Trinajstić information content (AvgIpc) is 2.46. The van der Waals surface area contributed by atoms with Crippen molar-refractivity contribution in [1.82, 2.24) is 4.90 Å². The number of carbonyl (C=O) groups is 2. The summed E-state index contributed by atoms with van der Waals surface area (Å²) in [4.78, 5) is 26.0. The van der Waals surface area contributed by atoms with Gasteiger partial charge in [-0.2, -0.15) is 0 Å². The smallest absolute Gasteiger partial charge is 0.257 e. The molecule has 0 saturated heterocycles. The molecule has 2 amide bonds. The van der Waals surface area contributed by atoms with Crippen molar-refractivity contribution >= 4 is 17.5 Å². The molecule has 1 aromatic carbocycles. The van der Waals surface area contributed by atoms with E-state index in [0.717, 1.165) is 0 Å². The van der Waals surface area contributed by atoms with Crippen LogP contribution in [0.2, 0.25) is 0 Å². The molecule has 1 N–H and O–H groups in total. The number of methoxy groups -OCH3 is 1. The van der Waals surface area contributed by atoms with Crippen LogP contribution >= 0.6 is 0 Å². The van der Waals surface area contributed by atoms with E-state index in [4.69, 9.17) is 4.74 Å². The van der Waals surface area contributed by atoms with Crippen molar-refractivity contribution in [3.05, 3.63) is 23.8 Å². The minimum absolute atomic E-state index is 0.0549. The van der Waals surface area contributed by atoms with Gasteiger partial charge >= 0.3 is 0 Å². The highest BCUT2D eigenvalue weighted by Crippen LogP contribution is 2.28. The van der Waals surface area contributed by atoms with Crippen LogP contribution in [0.3, 0.4) is 0 Å². The van der Waals surface area contributed by atoms with Crippen LogP contribution < -0.4 is 10.1 Å². The Morgan fingerprint density at radius 2 is 1.95 bits per heavy atom. The van der Waals surface area contributed by atoms with Gasteiger partial charge in [0, 0.05) is 5.54 Å². The SMILES string of the molecule is COc1ccc2c(c1)C(=O)N(C(C)(C)C)CC(=O)N2. The molecule has 0 spiro atoms. The Hall–Kier alpha value is -2.04. The fourth-order valence-electron chi connectivity index (χ4n) is 2.03. The second kappa shape index (κ2) is 4.57. The fourth-order valence-corrected chi connectivity index (χ4v) is 2.03. The molecule has 1 aliphatic rings. The van der Waals surface area contributed by atoms with Gasteiger partial charge in [0.2, 0.25) is 5.91 Å². The van der Waals surface area contributed by atoms with Crippen molar-refractivity contribution in [2.75, 3.05) is 19.0 Å². The summed E-state index contributed by atoms with van der Waals surface area (Å²) in [6, 6.07) is 5.07. The molecule has 0 bridgehead atoms. The predicted molar refractivity (Wildman–Crippen MR) is 72.4 cm³/mol. The molecule has 5 heteroatoms. The molecule has 0 atom stereocenters. The summed E-state index contributed by atoms with van der Waals surface area (Å²) in [5.74, 6) is 0.240. The third-order valence-corrected chi connectivity index (χ3v) is 3.09. The van der Waals surface area contributed by atoms with E-state index in [9.17, 15) is 9.59 Å². The first-order valence-electron chi connectivity index (χ1n) is 6.13. The van der Waals surface area contributed by atoms with Crippen molar-refractivity contribution in [3.63, 3.8) is 0 Å². The number of fused-ring (bicyclic) bond motifs is 1. The number of ether oxygens (including phenoxy) is 1. The van der Waals surface area contributed by atoms with Crippen LogP contribution in [0.25, 0.3) is 0 Å². The van der Waals surface area contributed by atoms with E-state index in [0.29, 0.717) is 17.0 Å². The van der Waals surface area contributed by atoms with Crippen molar-refractivity contribution in [3.8, 4) is 5.75 Å². The quantitative estimate of drug-likeness (QED) is 0.840. The first-order valence-corrected chi connectivity index (χ1v) is 6.13. The van der Waals surface area contributed by atoms with Gasteiger partial charge in [-0.05, 0) is 39.0 Å². The molecule has 0 saturated carbocycles. The van der Waals surface area contributed by atoms with E-state index >= 15 is 0 Å². The van der Waals surface area contributed by atoms with E-state index in [1.807, 2.05) is 20.8 Å². The molecule has 0 fully saturated rings. The Morgan fingerprint density at radius 3 is 2.53 bits per heavy atom. The summed E-state index contributed by atoms with van der Waals surface area (Å²) in [6.45, 7) is 5.77. The van der Waals surface area contributed by atoms with Gasteiger partial charge in [-0.1, -0.05) is 0 Å². The van der Waals surface area contributed by atoms with E-state index in [2.05, 4.69) is 5.32 Å². The molecule has 19 heavy (non-hydrogen) atoms. The third kappa shape index (κ3) is 2.54. The van der Waals surface area contributed by atoms with Crippen molar-refractivity contribution in [1.29, 1.82) is 0 Å². The first kappa shape index (κ1) is 13.4. The van der Waals surface area contributed by atoms with Crippen molar-refractivity contribution in [2.45, 2.75) is 26.3 Å². The normalized spacial score (nSPS) is 15.7. The van der Waals surface area contributed by atoms with Gasteiger partial charge in [0.25, 0.3) is 5.91 Å². The predicted octanol–water partition coefficient (Wildman–Crippen LogP) is 1.89. The lowest BCUT2D eigenvalue weighted by Gasteiger charge is -2.33. The standard InChI is InChI=1S/C14H18N2O3/c1-14(2,3)16-8-12(17)15-11-6-5-9(19-4)7-10(11)13(16)18/h5-7H,8H2,1-4H3,(H,15,17). The van der Waals surface area contributed by atoms with Crippen LogP contribution in [-0.2, 0) is 4.79 Å². The van der Waals surface area contributed by atoms with Gasteiger partial charge in [0.15, 0.2) is 0 Å². The van der Waals surface area contributed by atoms with E-state index in [-0.39, 0.29) is 18.4 Å². The molecule has 2 rings (SSSR count). The molecule has 102 valence electrons. The van der Waals surface area contributed by atoms with Gasteiger partial charge in [-0.15, -0.1) is 0 Å². The molecule has 0 aliphatic carbocycles. The number of anilines is 1. The maximum absolute atomic E-state index is 12.6. The molecule has 1 aromatic rings. The molecule has 0 unspecified atom stereocenters. The summed E-state index contributed by atoms with van der Waals surface area (Å²) < 4.78 is 5.13. The first-order chi connectivity index (χ1) is 8.82. The number of carbonyl (C=O) groups excluding carboxylic acids is 2. The highest BCUT2D eigenvalue weighted by molar-refractivity contribution is 6.09. The van der Waals surface area contributed by atoms with Gasteiger partial charge in [0.05, 0.1) is 18.4 Å². The number of hydrogen-bond donors (Lipinski definition) is 1. The third-order valence-electron chi connectivity index (χ3n) is 3.09. The summed E-state index contributed by atoms with van der Waals surface area (Å²) >= 11 is 0. The Labute approximate surface area is 112 Å². The number of benzene rings is 1. The van der Waals surface area contributed by atoms with Gasteiger partial charge < -0.3 is 15.0 Å². The molecular formula is C14H18N2O3. The Bertz CT molecular complexity index is 532. The maximum atomic E-state index is 12.6. The summed E-state index contributed by atoms with van der Waals surface area (Å²) in [5.41, 5.74) is 0.571. The number of amides is 2. The zero-order valence-electron chi connectivity index (χ0n) is 11.6. The topological polar surface area (TPSA) is 58.6 Å². The Morgan fingerprint density at radius 1 is 1.26 bits per heavy atom. The second-order valence-corrected chi connectivity index (χ2v) is 5.52. The molecular weight excluding hydrogens is 244 g/mol. The molecule has 1 aliphatic heterocycles. The number of hydrogen-bond acceptors (Lipinski definition) is 3. The average molecular weight is 262 g/mol. The van der Waals surface area contributed by atoms with Crippen LogP contribution in [0.4, 0.5) is 5.69 Å².